The number of carbonyl (C=O) groups excluding carboxylic acids is 14. The lowest BCUT2D eigenvalue weighted by Crippen LogP contribution is -2.50. The number of likely N-dealkylation sites (N-methyl/N-ethyl adjacent to an activating group) is 4. The van der Waals surface area contributed by atoms with Gasteiger partial charge in [0.2, 0.25) is 0 Å². The minimum atomic E-state index is -0.475. The highest BCUT2D eigenvalue weighted by Gasteiger charge is 2.55. The van der Waals surface area contributed by atoms with Gasteiger partial charge < -0.3 is 54.3 Å². The van der Waals surface area contributed by atoms with Crippen LogP contribution in [0.4, 0.5) is 33.6 Å². The molecule has 0 spiro atoms. The Morgan fingerprint density at radius 2 is 0.548 bits per heavy atom. The molecule has 0 radical (unpaired) electrons. The predicted molar refractivity (Wildman–Crippen MR) is 470 cm³/mol. The minimum Gasteiger partial charge on any atom is -0.317 e. The molecule has 0 aromatic carbocycles. The summed E-state index contributed by atoms with van der Waals surface area (Å²) in [6, 6.07) is -4.58. The number of nitrogens with one attached hydrogen (secondary N) is 8. The number of hydrogen-bond acceptors (Lipinski definition) is 32. The lowest BCUT2D eigenvalue weighted by atomic mass is 9.86. The zero-order chi connectivity index (χ0) is 98.3. The van der Waals surface area contributed by atoms with Crippen LogP contribution in [0.2, 0.25) is 0 Å². The number of urea groups is 7. The number of piperidine rings is 7. The number of nitrogens with zero attached hydrogens (tertiary/aromatic N) is 17. The van der Waals surface area contributed by atoms with Gasteiger partial charge in [-0.15, -0.1) is 0 Å². The fourth-order valence-electron chi connectivity index (χ4n) is 18.5. The molecule has 15 aliphatic rings. The summed E-state index contributed by atoms with van der Waals surface area (Å²) >= 11 is 0. The highest BCUT2D eigenvalue weighted by Crippen LogP contribution is 2.37. The van der Waals surface area contributed by atoms with Gasteiger partial charge in [-0.3, -0.25) is 101 Å². The Morgan fingerprint density at radius 3 is 0.770 bits per heavy atom. The van der Waals surface area contributed by atoms with Gasteiger partial charge in [-0.1, -0.05) is 20.3 Å². The Hall–Kier alpha value is -9.54. The van der Waals surface area contributed by atoms with Crippen LogP contribution in [0.15, 0.2) is 0 Å². The number of rotatable bonds is 39. The van der Waals surface area contributed by atoms with Gasteiger partial charge in [0.25, 0.3) is 41.4 Å². The number of carbonyl (C=O) groups is 14. The van der Waals surface area contributed by atoms with E-state index in [0.717, 1.165) is 77.5 Å². The Bertz CT molecular complexity index is 3900. The van der Waals surface area contributed by atoms with E-state index >= 15 is 0 Å². The van der Waals surface area contributed by atoms with E-state index in [2.05, 4.69) is 72.2 Å². The van der Waals surface area contributed by atoms with E-state index in [0.29, 0.717) is 149 Å². The Morgan fingerprint density at radius 1 is 0.304 bits per heavy atom. The Kier molecular flexibility index (Phi) is 43.6. The van der Waals surface area contributed by atoms with Gasteiger partial charge in [-0.05, 0) is 170 Å². The smallest absolute Gasteiger partial charge is 0.317 e. The van der Waals surface area contributed by atoms with Crippen LogP contribution in [-0.4, -0.2) is 469 Å². The third kappa shape index (κ3) is 27.9. The molecule has 135 heavy (non-hydrogen) atoms. The summed E-state index contributed by atoms with van der Waals surface area (Å²) in [4.78, 5) is 256. The van der Waals surface area contributed by atoms with Crippen molar-refractivity contribution in [2.75, 3.05) is 217 Å². The first-order valence-corrected chi connectivity index (χ1v) is 46.4. The molecule has 21 amide bonds. The Balaban J connectivity index is 0.000000177. The average molecular weight is 1930 g/mol. The van der Waals surface area contributed by atoms with E-state index in [-0.39, 0.29) is 126 Å². The van der Waals surface area contributed by atoms with Gasteiger partial charge in [-0.2, -0.15) is 35.4 Å². The van der Waals surface area contributed by atoms with Gasteiger partial charge in [0.05, 0.1) is 139 Å². The minimum absolute atomic E-state index is 0.0464. The van der Waals surface area contributed by atoms with Gasteiger partial charge in [0, 0.05) is 72.0 Å². The number of hydrogen-bond donors (Lipinski definition) is 8. The van der Waals surface area contributed by atoms with Crippen LogP contribution < -0.4 is 43.7 Å². The van der Waals surface area contributed by atoms with Gasteiger partial charge >= 0.3 is 42.2 Å². The van der Waals surface area contributed by atoms with Crippen LogP contribution in [0.25, 0.3) is 0 Å². The maximum Gasteiger partial charge on any atom is 0.345 e. The Labute approximate surface area is 787 Å². The van der Waals surface area contributed by atoms with Gasteiger partial charge in [0.15, 0.2) is 0 Å². The SMILES string of the molecule is CCCN(C)CCONC(=O)[C@@H]1CC[C@@H]2CN1C(=O)N2OC.CCN(C)CCONC(=O)[C@@H]1CC[C@@H]2CN1C(=O)N2OC.CCONC(=O)[C@@H]1CC[C@@H]2CN1C(=O)N2OC.CNCCONC(=O)[C@@H]1CC[C@@H]2CN1C(=O)N2OC.CON1C(=O)N2C[C@H]1CC[C@H]2C(=O)NOCC1CCC1.CON1C(=O)N2C[C@H]1CC[C@H]2C(=O)NOCCN(C)C.CONC(=O)[C@@H]1CC[C@@H]2CN1C(=O)N2OC. The maximum absolute atomic E-state index is 12.2. The van der Waals surface area contributed by atoms with Crippen molar-refractivity contribution >= 4 is 83.6 Å². The molecule has 14 bridgehead atoms. The first-order chi connectivity index (χ1) is 65.0. The van der Waals surface area contributed by atoms with E-state index in [4.69, 9.17) is 62.9 Å². The fourth-order valence-corrected chi connectivity index (χ4v) is 18.5. The summed E-state index contributed by atoms with van der Waals surface area (Å²) in [7, 11) is 21.3. The van der Waals surface area contributed by atoms with Crippen molar-refractivity contribution < 1.29 is 135 Å². The van der Waals surface area contributed by atoms with E-state index < -0.39 is 42.3 Å². The normalized spacial score (nSPS) is 26.5. The predicted octanol–water partition coefficient (Wildman–Crippen LogP) is -1.43. The highest BCUT2D eigenvalue weighted by atomic mass is 16.7. The molecule has 14 atom stereocenters. The van der Waals surface area contributed by atoms with Gasteiger partial charge in [-0.25, -0.2) is 71.9 Å². The van der Waals surface area contributed by atoms with Crippen LogP contribution in [0.5, 0.6) is 0 Å². The first kappa shape index (κ1) is 109. The molecule has 0 unspecified atom stereocenters. The lowest BCUT2D eigenvalue weighted by molar-refractivity contribution is -0.141. The molecule has 14 heterocycles. The third-order valence-corrected chi connectivity index (χ3v) is 26.1. The van der Waals surface area contributed by atoms with Crippen molar-refractivity contribution in [3.8, 4) is 0 Å². The monoisotopic (exact) mass is 1930 g/mol. The van der Waals surface area contributed by atoms with Crippen LogP contribution >= 0.6 is 0 Å². The molecule has 0 aromatic heterocycles. The number of amides is 21. The molecule has 15 fully saturated rings. The molecule has 14 saturated heterocycles. The van der Waals surface area contributed by atoms with Crippen molar-refractivity contribution in [3.63, 3.8) is 0 Å². The number of hydroxylamine groups is 21. The molecule has 8 N–H and O–H groups in total. The summed E-state index contributed by atoms with van der Waals surface area (Å²) in [5.41, 5.74) is 16.8. The summed E-state index contributed by atoms with van der Waals surface area (Å²) in [6.45, 7) is 17.1. The third-order valence-electron chi connectivity index (χ3n) is 26.1. The summed E-state index contributed by atoms with van der Waals surface area (Å²) in [6.07, 6.45) is 14.4. The van der Waals surface area contributed by atoms with Crippen LogP contribution in [0.3, 0.4) is 0 Å². The van der Waals surface area contributed by atoms with Crippen molar-refractivity contribution in [2.45, 2.75) is 221 Å². The van der Waals surface area contributed by atoms with Crippen LogP contribution in [0.1, 0.15) is 136 Å². The quantitative estimate of drug-likeness (QED) is 0.0258. The molecule has 0 aromatic rings. The van der Waals surface area contributed by atoms with E-state index in [9.17, 15) is 67.1 Å². The molecular formula is C82H145N25O28. The second-order valence-electron chi connectivity index (χ2n) is 34.8. The van der Waals surface area contributed by atoms with E-state index in [1.54, 1.807) is 33.6 Å². The largest absolute Gasteiger partial charge is 0.345 e. The molecule has 1 saturated carbocycles. The standard InChI is InChI=1S/C14H26N4O4.C13H24N4O4.C13H21N3O4.C12H22N4O4.C11H20N4O4.C10H17N3O4.C9H15N3O4/c1-4-7-16(2)8-9-22-15-13(19)12-6-5-11-10-17(12)14(20)18(11)21-3;1-4-15(2)7-8-21-14-12(18)11-6-5-10-9-16(11)13(19)17(10)20-3;1-19-16-10-5-6-11(15(7-10)13(16)18)12(17)14-20-8-9-3-2-4-9;1-14(2)6-7-20-13-11(17)10-5-4-9-8-15(10)12(18)16(9)19-3;1-12-5-6-19-13-10(16)9-4-3-8-7-14(9)11(17)15(8)18-2;1-3-17-11-9(14)8-5-4-7-6-12(8)10(15)13(7)16-2;1-15-10-8(13)7-4-3-6-5-11(7)9(14)12(6)16-2/h11-12H,4-10H2,1-3H3,(H,15,19);10-11H,4-9H2,1-3H3,(H,14,18);9-11H,2-8H2,1H3,(H,14,17);9-10H,4-8H2,1-3H3,(H,13,17);8-9,12H,3-7H2,1-2H3,(H,13,16);7-8H,3-6H2,1-2H3,(H,11,14);6-7H,3-5H2,1-2H3,(H,10,13)/t11-,12+;2*10-,11+;9-,10+;8-,9+;7-,8+;6-,7+/m1111111/s1. The summed E-state index contributed by atoms with van der Waals surface area (Å²) in [5.74, 6) is -1.28. The lowest BCUT2D eigenvalue weighted by Gasteiger charge is -2.29. The van der Waals surface area contributed by atoms with Crippen LogP contribution in [0, 0.1) is 5.92 Å². The van der Waals surface area contributed by atoms with Crippen molar-refractivity contribution in [1.29, 1.82) is 0 Å². The van der Waals surface area contributed by atoms with E-state index in [1.165, 1.54) is 126 Å². The second kappa shape index (κ2) is 54.0. The molecule has 14 aliphatic heterocycles. The maximum atomic E-state index is 12.2. The molecular weight excluding hydrogens is 1780 g/mol. The molecule has 766 valence electrons. The molecule has 15 rings (SSSR count). The number of fused-ring (bicyclic) bond motifs is 14. The molecule has 1 aliphatic carbocycles. The summed E-state index contributed by atoms with van der Waals surface area (Å²) in [5, 5.41) is 12.3. The highest BCUT2D eigenvalue weighted by molar-refractivity contribution is 5.92. The van der Waals surface area contributed by atoms with Crippen molar-refractivity contribution in [2.24, 2.45) is 5.92 Å². The second-order valence-corrected chi connectivity index (χ2v) is 34.8. The zero-order valence-electron chi connectivity index (χ0n) is 80.9. The van der Waals surface area contributed by atoms with Crippen LogP contribution in [-0.2, 0) is 101 Å². The average Bonchev–Trinajstić information content (AvgIpc) is 1.68. The van der Waals surface area contributed by atoms with Gasteiger partial charge in [0.1, 0.15) is 42.3 Å². The van der Waals surface area contributed by atoms with E-state index in [1.807, 2.05) is 33.1 Å². The zero-order valence-corrected chi connectivity index (χ0v) is 80.9. The first-order valence-electron chi connectivity index (χ1n) is 46.4. The van der Waals surface area contributed by atoms with Crippen molar-refractivity contribution in [3.05, 3.63) is 0 Å². The fraction of sp³-hybridized carbons (Fsp3) is 0.829. The van der Waals surface area contributed by atoms with Crippen molar-refractivity contribution in [1.82, 2.24) is 128 Å². The molecule has 53 heteroatoms. The topological polar surface area (TPSA) is 520 Å². The summed E-state index contributed by atoms with van der Waals surface area (Å²) < 4.78 is 0. The molecule has 53 nitrogen and oxygen atoms in total.